The molecule has 0 radical (unpaired) electrons. The van der Waals surface area contributed by atoms with E-state index in [2.05, 4.69) is 11.0 Å². The number of aliphatic hydroxyl groups excluding tert-OH is 2. The fraction of sp³-hybridized carbons (Fsp3) is 0.405. The molecule has 13 nitrogen and oxygen atoms in total. The van der Waals surface area contributed by atoms with Gasteiger partial charge in [0.2, 0.25) is 5.78 Å². The number of amidine groups is 1. The minimum Gasteiger partial charge on any atom is -0.507 e. The lowest BCUT2D eigenvalue weighted by atomic mass is 9.72. The summed E-state index contributed by atoms with van der Waals surface area (Å²) in [5.74, 6) is -3.08. The topological polar surface area (TPSA) is 196 Å². The van der Waals surface area contributed by atoms with Crippen LogP contribution in [0.2, 0.25) is 0 Å². The van der Waals surface area contributed by atoms with Gasteiger partial charge in [-0.25, -0.2) is 0 Å². The molecule has 0 saturated carbocycles. The van der Waals surface area contributed by atoms with Gasteiger partial charge in [-0.1, -0.05) is 30.3 Å². The molecule has 2 heterocycles. The summed E-state index contributed by atoms with van der Waals surface area (Å²) in [6, 6.07) is 11.7. The second-order valence-corrected chi connectivity index (χ2v) is 13.3. The highest BCUT2D eigenvalue weighted by atomic mass is 16.7. The molecule has 6 atom stereocenters. The molecule has 7 rings (SSSR count). The van der Waals surface area contributed by atoms with E-state index in [4.69, 9.17) is 19.2 Å². The number of phenols is 2. The minimum atomic E-state index is -2.27. The van der Waals surface area contributed by atoms with Crippen LogP contribution < -0.4 is 9.64 Å². The van der Waals surface area contributed by atoms with Crippen molar-refractivity contribution in [3.8, 4) is 17.2 Å². The van der Waals surface area contributed by atoms with Gasteiger partial charge in [0.15, 0.2) is 17.9 Å². The quantitative estimate of drug-likeness (QED) is 0.113. The first-order valence-electron chi connectivity index (χ1n) is 16.5. The van der Waals surface area contributed by atoms with Crippen LogP contribution in [0, 0.1) is 0 Å². The molecule has 0 spiro atoms. The van der Waals surface area contributed by atoms with Gasteiger partial charge in [-0.05, 0) is 38.0 Å². The van der Waals surface area contributed by atoms with Gasteiger partial charge in [-0.2, -0.15) is 0 Å². The first-order chi connectivity index (χ1) is 23.9. The molecule has 5 N–H and O–H groups in total. The number of phenolic OH excluding ortho intramolecular Hbond substituents is 2. The van der Waals surface area contributed by atoms with Gasteiger partial charge >= 0.3 is 0 Å². The van der Waals surface area contributed by atoms with Crippen LogP contribution in [0.3, 0.4) is 0 Å². The number of methoxy groups -OCH3 is 1. The molecule has 2 aliphatic heterocycles. The molecular formula is C37H38N2O11. The Labute approximate surface area is 287 Å². The van der Waals surface area contributed by atoms with Crippen LogP contribution in [0.5, 0.6) is 17.2 Å². The van der Waals surface area contributed by atoms with Gasteiger partial charge in [0.25, 0.3) is 0 Å². The predicted octanol–water partition coefficient (Wildman–Crippen LogP) is 2.52. The molecule has 3 aromatic carbocycles. The average molecular weight is 687 g/mol. The predicted molar refractivity (Wildman–Crippen MR) is 178 cm³/mol. The fourth-order valence-electron chi connectivity index (χ4n) is 7.80. The first kappa shape index (κ1) is 33.8. The number of nitrogens with zero attached hydrogens (tertiary/aromatic N) is 2. The molecule has 0 amide bonds. The lowest BCUT2D eigenvalue weighted by Gasteiger charge is -2.42. The lowest BCUT2D eigenvalue weighted by molar-refractivity contribution is -0.247. The Hall–Kier alpha value is -4.66. The Morgan fingerprint density at radius 2 is 1.80 bits per heavy atom. The molecule has 13 heteroatoms. The number of ketones is 3. The Morgan fingerprint density at radius 3 is 2.54 bits per heavy atom. The number of aliphatic hydroxyl groups is 3. The summed E-state index contributed by atoms with van der Waals surface area (Å²) in [6.07, 6.45) is -4.41. The van der Waals surface area contributed by atoms with E-state index in [0.29, 0.717) is 5.84 Å². The van der Waals surface area contributed by atoms with Crippen molar-refractivity contribution < 1.29 is 54.1 Å². The zero-order chi connectivity index (χ0) is 35.6. The second-order valence-electron chi connectivity index (χ2n) is 13.3. The van der Waals surface area contributed by atoms with E-state index >= 15 is 0 Å². The van der Waals surface area contributed by atoms with Crippen LogP contribution >= 0.6 is 0 Å². The summed E-state index contributed by atoms with van der Waals surface area (Å²) in [6.45, 7) is 3.21. The Morgan fingerprint density at radius 1 is 1.06 bits per heavy atom. The molecule has 4 aliphatic rings. The number of benzene rings is 3. The smallest absolute Gasteiger partial charge is 0.202 e. The highest BCUT2D eigenvalue weighted by Gasteiger charge is 2.50. The molecular weight excluding hydrogens is 648 g/mol. The Balaban J connectivity index is 1.27. The third-order valence-corrected chi connectivity index (χ3v) is 10.4. The molecule has 2 aliphatic carbocycles. The summed E-state index contributed by atoms with van der Waals surface area (Å²) < 4.78 is 17.7. The van der Waals surface area contributed by atoms with Crippen molar-refractivity contribution in [2.75, 3.05) is 25.2 Å². The third-order valence-electron chi connectivity index (χ3n) is 10.4. The van der Waals surface area contributed by atoms with Crippen molar-refractivity contribution in [3.63, 3.8) is 0 Å². The molecule has 0 aromatic heterocycles. The van der Waals surface area contributed by atoms with E-state index in [1.807, 2.05) is 25.1 Å². The number of Topliss-reactive ketones (excluding diaryl/α,β-unsaturated/α-hetero) is 1. The van der Waals surface area contributed by atoms with E-state index in [-0.39, 0.29) is 34.4 Å². The van der Waals surface area contributed by atoms with Gasteiger partial charge in [0, 0.05) is 48.2 Å². The number of anilines is 1. The monoisotopic (exact) mass is 686 g/mol. The van der Waals surface area contributed by atoms with Gasteiger partial charge in [-0.3, -0.25) is 19.4 Å². The number of ether oxygens (including phenoxy) is 3. The van der Waals surface area contributed by atoms with Crippen LogP contribution in [-0.4, -0.2) is 99.1 Å². The Bertz CT molecular complexity index is 1960. The number of fused-ring (bicyclic) bond motifs is 4. The van der Waals surface area contributed by atoms with Crippen LogP contribution in [0.25, 0.3) is 0 Å². The summed E-state index contributed by atoms with van der Waals surface area (Å²) >= 11 is 0. The molecule has 3 unspecified atom stereocenters. The summed E-state index contributed by atoms with van der Waals surface area (Å²) in [5, 5.41) is 55.8. The van der Waals surface area contributed by atoms with Gasteiger partial charge in [0.05, 0.1) is 42.0 Å². The largest absolute Gasteiger partial charge is 0.507 e. The van der Waals surface area contributed by atoms with Crippen LogP contribution in [-0.2, 0) is 27.1 Å². The van der Waals surface area contributed by atoms with E-state index < -0.39 is 95.7 Å². The number of hydrogen-bond donors (Lipinski definition) is 5. The SMILES string of the molecule is COc1cccc2c1C(=O)c1c(O)c3c(c(O)c1C2=O)CC(O)(C(=O)CO)C[C@@H]3OC1C[C@H](N=C(C)N2CCc3ccccc32)[C@@H](O)C(C)O1. The molecule has 1 saturated heterocycles. The van der Waals surface area contributed by atoms with E-state index in [0.717, 1.165) is 18.7 Å². The number of carbonyl (C=O) groups excluding carboxylic acids is 3. The maximum atomic E-state index is 13.9. The van der Waals surface area contributed by atoms with Crippen molar-refractivity contribution in [3.05, 3.63) is 81.4 Å². The van der Waals surface area contributed by atoms with Gasteiger partial charge in [-0.15, -0.1) is 0 Å². The molecule has 0 bridgehead atoms. The van der Waals surface area contributed by atoms with Gasteiger partial charge < -0.3 is 44.6 Å². The number of carbonyl (C=O) groups is 3. The third kappa shape index (κ3) is 5.28. The van der Waals surface area contributed by atoms with Gasteiger partial charge in [0.1, 0.15) is 41.4 Å². The van der Waals surface area contributed by atoms with Crippen LogP contribution in [0.4, 0.5) is 5.69 Å². The average Bonchev–Trinajstić information content (AvgIpc) is 3.54. The van der Waals surface area contributed by atoms with E-state index in [1.54, 1.807) is 6.92 Å². The van der Waals surface area contributed by atoms with Crippen molar-refractivity contribution in [2.24, 2.45) is 4.99 Å². The first-order valence-corrected chi connectivity index (χ1v) is 16.5. The highest BCUT2D eigenvalue weighted by Crippen LogP contribution is 2.52. The second kappa shape index (κ2) is 12.6. The fourth-order valence-corrected chi connectivity index (χ4v) is 7.80. The molecule has 3 aromatic rings. The zero-order valence-corrected chi connectivity index (χ0v) is 27.8. The van der Waals surface area contributed by atoms with Crippen molar-refractivity contribution >= 4 is 28.9 Å². The number of para-hydroxylation sites is 1. The number of hydrogen-bond acceptors (Lipinski definition) is 12. The van der Waals surface area contributed by atoms with E-state index in [1.165, 1.54) is 30.9 Å². The molecule has 1 fully saturated rings. The molecule has 50 heavy (non-hydrogen) atoms. The van der Waals surface area contributed by atoms with Crippen molar-refractivity contribution in [2.45, 2.75) is 75.8 Å². The van der Waals surface area contributed by atoms with Crippen molar-refractivity contribution in [1.82, 2.24) is 0 Å². The van der Waals surface area contributed by atoms with Crippen molar-refractivity contribution in [1.29, 1.82) is 0 Å². The maximum Gasteiger partial charge on any atom is 0.202 e. The molecule has 262 valence electrons. The number of rotatable bonds is 6. The minimum absolute atomic E-state index is 0.0379. The summed E-state index contributed by atoms with van der Waals surface area (Å²) in [7, 11) is 1.33. The summed E-state index contributed by atoms with van der Waals surface area (Å²) in [5.41, 5.74) is -1.42. The maximum absolute atomic E-state index is 13.9. The number of aliphatic imine (C=N–C) groups is 1. The Kier molecular flexibility index (Phi) is 8.51. The zero-order valence-electron chi connectivity index (χ0n) is 27.8. The van der Waals surface area contributed by atoms with E-state index in [9.17, 15) is 39.9 Å². The highest BCUT2D eigenvalue weighted by molar-refractivity contribution is 6.31. The standard InChI is InChI=1S/C37H38N2O11/c1-17-32(42)22(38-18(2)39-12-11-19-7-4-5-9-23(19)39)13-27(49-17)50-25-15-37(47,26(41)16-40)14-21-29(25)36(46)31-30(34(21)44)33(43)20-8-6-10-24(48-3)28(20)35(31)45/h4-10,17,22,25,27,32,40,42,44,46-47H,11-16H2,1-3H3/t17?,22-,25-,27?,32-,37?/m0/s1. The van der Waals surface area contributed by atoms with Crippen LogP contribution in [0.15, 0.2) is 47.5 Å². The summed E-state index contributed by atoms with van der Waals surface area (Å²) in [4.78, 5) is 47.5. The lowest BCUT2D eigenvalue weighted by Crippen LogP contribution is -2.50. The normalized spacial score (nSPS) is 27.4. The van der Waals surface area contributed by atoms with Crippen LogP contribution in [0.1, 0.15) is 81.3 Å². The number of aromatic hydroxyl groups is 2.